The molecule has 8 heteroatoms. The van der Waals surface area contributed by atoms with E-state index in [1.807, 2.05) is 0 Å². The van der Waals surface area contributed by atoms with Crippen molar-refractivity contribution in [1.82, 2.24) is 5.32 Å². The van der Waals surface area contributed by atoms with Gasteiger partial charge in [0.05, 0.1) is 11.1 Å². The van der Waals surface area contributed by atoms with Gasteiger partial charge in [-0.15, -0.1) is 0 Å². The first kappa shape index (κ1) is 17.7. The molecule has 0 radical (unpaired) electrons. The summed E-state index contributed by atoms with van der Waals surface area (Å²) in [6.07, 6.45) is -4.64. The number of hydrogen-bond donors (Lipinski definition) is 1. The molecule has 0 saturated heterocycles. The fourth-order valence-electron chi connectivity index (χ4n) is 1.99. The van der Waals surface area contributed by atoms with E-state index in [0.717, 1.165) is 12.1 Å². The van der Waals surface area contributed by atoms with Crippen LogP contribution in [-0.4, -0.2) is 12.5 Å². The number of halogens is 5. The molecule has 0 aliphatic rings. The van der Waals surface area contributed by atoms with Crippen LogP contribution in [0.2, 0.25) is 0 Å². The first-order valence-electron chi connectivity index (χ1n) is 6.75. The number of amides is 1. The third kappa shape index (κ3) is 4.68. The predicted octanol–water partition coefficient (Wildman–Crippen LogP) is 4.24. The zero-order valence-electron chi connectivity index (χ0n) is 12.1. The Labute approximate surface area is 134 Å². The normalized spacial score (nSPS) is 11.4. The molecule has 24 heavy (non-hydrogen) atoms. The molecule has 0 unspecified atom stereocenters. The minimum atomic E-state index is -4.64. The van der Waals surface area contributed by atoms with E-state index in [1.54, 1.807) is 0 Å². The molecule has 0 spiro atoms. The summed E-state index contributed by atoms with van der Waals surface area (Å²) in [7, 11) is 0. The number of benzene rings is 2. The van der Waals surface area contributed by atoms with Crippen LogP contribution in [0, 0.1) is 0 Å². The maximum Gasteiger partial charge on any atom is 0.417 e. The zero-order chi connectivity index (χ0) is 17.7. The molecular formula is C16H12F5NO2. The summed E-state index contributed by atoms with van der Waals surface area (Å²) in [5.41, 5.74) is -0.986. The summed E-state index contributed by atoms with van der Waals surface area (Å²) in [6, 6.07) is 9.83. The van der Waals surface area contributed by atoms with Gasteiger partial charge >= 0.3 is 12.8 Å². The Morgan fingerprint density at radius 3 is 2.25 bits per heavy atom. The van der Waals surface area contributed by atoms with E-state index in [4.69, 9.17) is 0 Å². The van der Waals surface area contributed by atoms with Crippen molar-refractivity contribution < 1.29 is 31.5 Å². The van der Waals surface area contributed by atoms with Gasteiger partial charge in [0, 0.05) is 6.54 Å². The summed E-state index contributed by atoms with van der Waals surface area (Å²) in [5, 5.41) is 2.36. The van der Waals surface area contributed by atoms with Gasteiger partial charge in [-0.3, -0.25) is 4.79 Å². The molecule has 0 fully saturated rings. The van der Waals surface area contributed by atoms with Gasteiger partial charge in [0.1, 0.15) is 5.75 Å². The molecule has 2 rings (SSSR count). The van der Waals surface area contributed by atoms with Crippen molar-refractivity contribution >= 4 is 5.91 Å². The predicted molar refractivity (Wildman–Crippen MR) is 75.7 cm³/mol. The molecule has 1 amide bonds. The Balaban J connectivity index is 2.04. The molecule has 0 atom stereocenters. The number of nitrogens with one attached hydrogen (secondary N) is 1. The fraction of sp³-hybridized carbons (Fsp3) is 0.188. The van der Waals surface area contributed by atoms with Gasteiger partial charge in [0.15, 0.2) is 0 Å². The topological polar surface area (TPSA) is 38.3 Å². The van der Waals surface area contributed by atoms with Crippen LogP contribution < -0.4 is 10.1 Å². The van der Waals surface area contributed by atoms with E-state index < -0.39 is 29.8 Å². The van der Waals surface area contributed by atoms with E-state index in [2.05, 4.69) is 10.1 Å². The van der Waals surface area contributed by atoms with Crippen molar-refractivity contribution in [2.45, 2.75) is 19.3 Å². The molecule has 0 aliphatic heterocycles. The number of carbonyl (C=O) groups is 1. The van der Waals surface area contributed by atoms with Crippen molar-refractivity contribution in [3.05, 3.63) is 65.2 Å². The summed E-state index contributed by atoms with van der Waals surface area (Å²) >= 11 is 0. The highest BCUT2D eigenvalue weighted by molar-refractivity contribution is 5.95. The Morgan fingerprint density at radius 2 is 1.67 bits per heavy atom. The number of alkyl halides is 5. The Morgan fingerprint density at radius 1 is 1.04 bits per heavy atom. The molecule has 0 heterocycles. The molecular weight excluding hydrogens is 333 g/mol. The highest BCUT2D eigenvalue weighted by atomic mass is 19.4. The monoisotopic (exact) mass is 345 g/mol. The average Bonchev–Trinajstić information content (AvgIpc) is 2.52. The Hall–Kier alpha value is -2.64. The number of carbonyl (C=O) groups excluding carboxylic acids is 1. The minimum Gasteiger partial charge on any atom is -0.435 e. The number of rotatable bonds is 5. The largest absolute Gasteiger partial charge is 0.435 e. The van der Waals surface area contributed by atoms with Crippen molar-refractivity contribution in [3.63, 3.8) is 0 Å². The third-order valence-electron chi connectivity index (χ3n) is 3.08. The van der Waals surface area contributed by atoms with Crippen LogP contribution in [0.15, 0.2) is 48.5 Å². The van der Waals surface area contributed by atoms with E-state index in [1.165, 1.54) is 36.4 Å². The van der Waals surface area contributed by atoms with Gasteiger partial charge in [-0.05, 0) is 29.8 Å². The lowest BCUT2D eigenvalue weighted by molar-refractivity contribution is -0.137. The van der Waals surface area contributed by atoms with Gasteiger partial charge in [-0.25, -0.2) is 0 Å². The second-order valence-electron chi connectivity index (χ2n) is 4.75. The smallest absolute Gasteiger partial charge is 0.417 e. The first-order valence-corrected chi connectivity index (χ1v) is 6.75. The van der Waals surface area contributed by atoms with Crippen LogP contribution >= 0.6 is 0 Å². The second kappa shape index (κ2) is 7.29. The van der Waals surface area contributed by atoms with E-state index >= 15 is 0 Å². The zero-order valence-corrected chi connectivity index (χ0v) is 12.1. The molecule has 0 aliphatic carbocycles. The summed E-state index contributed by atoms with van der Waals surface area (Å²) in [4.78, 5) is 12.0. The molecule has 1 N–H and O–H groups in total. The van der Waals surface area contributed by atoms with E-state index in [0.29, 0.717) is 5.56 Å². The first-order chi connectivity index (χ1) is 11.3. The van der Waals surface area contributed by atoms with Gasteiger partial charge in [-0.2, -0.15) is 22.0 Å². The lowest BCUT2D eigenvalue weighted by Crippen LogP contribution is -2.25. The molecule has 128 valence electrons. The van der Waals surface area contributed by atoms with Crippen molar-refractivity contribution in [3.8, 4) is 5.75 Å². The molecule has 2 aromatic carbocycles. The third-order valence-corrected chi connectivity index (χ3v) is 3.08. The molecule has 0 bridgehead atoms. The van der Waals surface area contributed by atoms with Gasteiger partial charge in [0.2, 0.25) is 0 Å². The Kier molecular flexibility index (Phi) is 5.38. The molecule has 0 saturated carbocycles. The van der Waals surface area contributed by atoms with Crippen LogP contribution in [0.3, 0.4) is 0 Å². The SMILES string of the molecule is O=C(NCc1ccc(OC(F)F)cc1)c1ccccc1C(F)(F)F. The van der Waals surface area contributed by atoms with Crippen LogP contribution in [0.1, 0.15) is 21.5 Å². The van der Waals surface area contributed by atoms with Crippen molar-refractivity contribution in [2.75, 3.05) is 0 Å². The minimum absolute atomic E-state index is 0.0532. The second-order valence-corrected chi connectivity index (χ2v) is 4.75. The molecule has 0 aromatic heterocycles. The van der Waals surface area contributed by atoms with Crippen molar-refractivity contribution in [2.24, 2.45) is 0 Å². The van der Waals surface area contributed by atoms with E-state index in [-0.39, 0.29) is 12.3 Å². The summed E-state index contributed by atoms with van der Waals surface area (Å²) in [6.45, 7) is -3.01. The van der Waals surface area contributed by atoms with Gasteiger partial charge < -0.3 is 10.1 Å². The number of ether oxygens (including phenoxy) is 1. The lowest BCUT2D eigenvalue weighted by Gasteiger charge is -2.13. The fourth-order valence-corrected chi connectivity index (χ4v) is 1.99. The van der Waals surface area contributed by atoms with Crippen LogP contribution in [0.5, 0.6) is 5.75 Å². The van der Waals surface area contributed by atoms with Gasteiger partial charge in [0.25, 0.3) is 5.91 Å². The molecule has 3 nitrogen and oxygen atoms in total. The van der Waals surface area contributed by atoms with E-state index in [9.17, 15) is 26.7 Å². The van der Waals surface area contributed by atoms with Crippen LogP contribution in [0.4, 0.5) is 22.0 Å². The Bertz CT molecular complexity index is 698. The summed E-state index contributed by atoms with van der Waals surface area (Å²) < 4.78 is 66.8. The highest BCUT2D eigenvalue weighted by Crippen LogP contribution is 2.31. The standard InChI is InChI=1S/C16H12F5NO2/c17-15(18)24-11-7-5-10(6-8-11)9-22-14(23)12-3-1-2-4-13(12)16(19,20)21/h1-8,15H,9H2,(H,22,23). The van der Waals surface area contributed by atoms with Gasteiger partial charge in [-0.1, -0.05) is 24.3 Å². The average molecular weight is 345 g/mol. The maximum atomic E-state index is 12.9. The van der Waals surface area contributed by atoms with Crippen LogP contribution in [0.25, 0.3) is 0 Å². The number of hydrogen-bond acceptors (Lipinski definition) is 2. The maximum absolute atomic E-state index is 12.9. The van der Waals surface area contributed by atoms with Crippen molar-refractivity contribution in [1.29, 1.82) is 0 Å². The molecule has 2 aromatic rings. The highest BCUT2D eigenvalue weighted by Gasteiger charge is 2.34. The quantitative estimate of drug-likeness (QED) is 0.824. The van der Waals surface area contributed by atoms with Crippen LogP contribution in [-0.2, 0) is 12.7 Å². The summed E-state index contributed by atoms with van der Waals surface area (Å²) in [5.74, 6) is -0.932. The lowest BCUT2D eigenvalue weighted by atomic mass is 10.1.